The van der Waals surface area contributed by atoms with E-state index < -0.39 is 6.04 Å². The molecule has 6 heteroatoms. The van der Waals surface area contributed by atoms with Gasteiger partial charge in [0.2, 0.25) is 5.91 Å². The number of amides is 2. The van der Waals surface area contributed by atoms with Crippen LogP contribution in [0.1, 0.15) is 28.1 Å². The van der Waals surface area contributed by atoms with Crippen molar-refractivity contribution in [3.8, 4) is 0 Å². The quantitative estimate of drug-likeness (QED) is 0.912. The van der Waals surface area contributed by atoms with E-state index in [2.05, 4.69) is 5.32 Å². The number of nitrogens with one attached hydrogen (secondary N) is 1. The molecule has 1 aromatic heterocycles. The monoisotopic (exact) mass is 348 g/mol. The Hall–Kier alpha value is -1.85. The number of likely N-dealkylation sites (tertiary alicyclic amines) is 1. The lowest BCUT2D eigenvalue weighted by Gasteiger charge is -2.23. The van der Waals surface area contributed by atoms with Crippen molar-refractivity contribution in [3.63, 3.8) is 0 Å². The number of thiophene rings is 1. The summed E-state index contributed by atoms with van der Waals surface area (Å²) in [6.07, 6.45) is 1.50. The van der Waals surface area contributed by atoms with Gasteiger partial charge >= 0.3 is 0 Å². The van der Waals surface area contributed by atoms with Gasteiger partial charge in [-0.25, -0.2) is 0 Å². The molecular weight excluding hydrogens is 332 g/mol. The highest BCUT2D eigenvalue weighted by Crippen LogP contribution is 2.26. The summed E-state index contributed by atoms with van der Waals surface area (Å²) < 4.78 is 0. The minimum atomic E-state index is -0.443. The maximum atomic E-state index is 12.6. The Morgan fingerprint density at radius 2 is 2.17 bits per heavy atom. The molecule has 1 atom stereocenters. The van der Waals surface area contributed by atoms with Crippen LogP contribution < -0.4 is 5.32 Å². The molecule has 23 heavy (non-hydrogen) atoms. The number of rotatable bonds is 3. The molecule has 3 rings (SSSR count). The van der Waals surface area contributed by atoms with E-state index in [1.54, 1.807) is 23.1 Å². The van der Waals surface area contributed by atoms with E-state index in [4.69, 9.17) is 11.6 Å². The van der Waals surface area contributed by atoms with Gasteiger partial charge in [-0.15, -0.1) is 11.3 Å². The molecule has 0 aliphatic carbocycles. The van der Waals surface area contributed by atoms with Crippen LogP contribution in [-0.4, -0.2) is 29.3 Å². The molecule has 2 aromatic rings. The first-order chi connectivity index (χ1) is 11.1. The Morgan fingerprint density at radius 1 is 1.35 bits per heavy atom. The zero-order valence-corrected chi connectivity index (χ0v) is 14.3. The van der Waals surface area contributed by atoms with Crippen LogP contribution in [0, 0.1) is 6.92 Å². The summed E-state index contributed by atoms with van der Waals surface area (Å²) in [5.41, 5.74) is 1.61. The normalized spacial score (nSPS) is 17.3. The Balaban J connectivity index is 1.74. The Kier molecular flexibility index (Phi) is 4.68. The van der Waals surface area contributed by atoms with Crippen LogP contribution in [0.2, 0.25) is 5.02 Å². The zero-order valence-electron chi connectivity index (χ0n) is 12.7. The molecule has 0 bridgehead atoms. The van der Waals surface area contributed by atoms with Crippen molar-refractivity contribution in [2.24, 2.45) is 0 Å². The van der Waals surface area contributed by atoms with Crippen molar-refractivity contribution < 1.29 is 9.59 Å². The van der Waals surface area contributed by atoms with Gasteiger partial charge in [0, 0.05) is 6.54 Å². The number of carbonyl (C=O) groups excluding carboxylic acids is 2. The fourth-order valence-electron chi connectivity index (χ4n) is 2.76. The second kappa shape index (κ2) is 6.72. The summed E-state index contributed by atoms with van der Waals surface area (Å²) >= 11 is 7.56. The standard InChI is InChI=1S/C17H17ClN2O2S/c1-11-6-7-13(12(18)10-11)19-16(21)14-4-2-8-20(14)17(22)15-5-3-9-23-15/h3,5-7,9-10,14H,2,4,8H2,1H3,(H,19,21). The highest BCUT2D eigenvalue weighted by Gasteiger charge is 2.35. The van der Waals surface area contributed by atoms with E-state index in [0.717, 1.165) is 12.0 Å². The number of halogens is 1. The molecule has 1 aliphatic heterocycles. The Labute approximate surface area is 144 Å². The van der Waals surface area contributed by atoms with E-state index in [-0.39, 0.29) is 11.8 Å². The first kappa shape index (κ1) is 16.0. The third-order valence-corrected chi connectivity index (χ3v) is 5.10. The molecule has 1 unspecified atom stereocenters. The SMILES string of the molecule is Cc1ccc(NC(=O)C2CCCN2C(=O)c2cccs2)c(Cl)c1. The summed E-state index contributed by atoms with van der Waals surface area (Å²) in [6.45, 7) is 2.55. The molecule has 1 saturated heterocycles. The molecule has 0 saturated carbocycles. The molecule has 2 heterocycles. The lowest BCUT2D eigenvalue weighted by molar-refractivity contribution is -0.119. The second-order valence-electron chi connectivity index (χ2n) is 5.61. The van der Waals surface area contributed by atoms with Crippen molar-refractivity contribution in [2.45, 2.75) is 25.8 Å². The largest absolute Gasteiger partial charge is 0.326 e. The molecule has 0 radical (unpaired) electrons. The van der Waals surface area contributed by atoms with Gasteiger partial charge in [0.25, 0.3) is 5.91 Å². The number of benzene rings is 1. The van der Waals surface area contributed by atoms with E-state index in [9.17, 15) is 9.59 Å². The lowest BCUT2D eigenvalue weighted by Crippen LogP contribution is -2.43. The van der Waals surface area contributed by atoms with Gasteiger partial charge in [-0.2, -0.15) is 0 Å². The average molecular weight is 349 g/mol. The molecule has 1 fully saturated rings. The Bertz CT molecular complexity index is 730. The summed E-state index contributed by atoms with van der Waals surface area (Å²) in [4.78, 5) is 27.4. The highest BCUT2D eigenvalue weighted by molar-refractivity contribution is 7.12. The lowest BCUT2D eigenvalue weighted by atomic mass is 10.2. The summed E-state index contributed by atoms with van der Waals surface area (Å²) in [7, 11) is 0. The topological polar surface area (TPSA) is 49.4 Å². The average Bonchev–Trinajstić information content (AvgIpc) is 3.20. The van der Waals surface area contributed by atoms with Gasteiger partial charge < -0.3 is 10.2 Å². The van der Waals surface area contributed by atoms with Crippen molar-refractivity contribution in [3.05, 3.63) is 51.2 Å². The smallest absolute Gasteiger partial charge is 0.264 e. The maximum Gasteiger partial charge on any atom is 0.264 e. The Morgan fingerprint density at radius 3 is 2.87 bits per heavy atom. The van der Waals surface area contributed by atoms with Crippen LogP contribution in [0.5, 0.6) is 0 Å². The van der Waals surface area contributed by atoms with Crippen LogP contribution in [0.25, 0.3) is 0 Å². The number of anilines is 1. The molecule has 4 nitrogen and oxygen atoms in total. The molecule has 1 aliphatic rings. The van der Waals surface area contributed by atoms with Gasteiger partial charge in [-0.3, -0.25) is 9.59 Å². The fraction of sp³-hybridized carbons (Fsp3) is 0.294. The van der Waals surface area contributed by atoms with Crippen LogP contribution in [-0.2, 0) is 4.79 Å². The number of hydrogen-bond donors (Lipinski definition) is 1. The van der Waals surface area contributed by atoms with Crippen LogP contribution in [0.3, 0.4) is 0 Å². The first-order valence-corrected chi connectivity index (χ1v) is 8.73. The van der Waals surface area contributed by atoms with E-state index in [1.807, 2.05) is 24.4 Å². The van der Waals surface area contributed by atoms with Gasteiger partial charge in [0.1, 0.15) is 6.04 Å². The molecule has 1 N–H and O–H groups in total. The van der Waals surface area contributed by atoms with Crippen molar-refractivity contribution in [2.75, 3.05) is 11.9 Å². The number of carbonyl (C=O) groups is 2. The molecule has 2 amide bonds. The molecule has 1 aromatic carbocycles. The maximum absolute atomic E-state index is 12.6. The van der Waals surface area contributed by atoms with Crippen molar-refractivity contribution in [1.82, 2.24) is 4.90 Å². The van der Waals surface area contributed by atoms with Gasteiger partial charge in [0.05, 0.1) is 15.6 Å². The second-order valence-corrected chi connectivity index (χ2v) is 6.96. The number of nitrogens with zero attached hydrogens (tertiary/aromatic N) is 1. The van der Waals surface area contributed by atoms with Gasteiger partial charge in [-0.05, 0) is 48.9 Å². The van der Waals surface area contributed by atoms with Gasteiger partial charge in [-0.1, -0.05) is 23.7 Å². The molecule has 0 spiro atoms. The molecule has 120 valence electrons. The van der Waals surface area contributed by atoms with Crippen LogP contribution in [0.4, 0.5) is 5.69 Å². The summed E-state index contributed by atoms with van der Waals surface area (Å²) in [5.74, 6) is -0.259. The molecular formula is C17H17ClN2O2S. The predicted octanol–water partition coefficient (Wildman–Crippen LogP) is 3.95. The highest BCUT2D eigenvalue weighted by atomic mass is 35.5. The van der Waals surface area contributed by atoms with E-state index in [0.29, 0.717) is 28.6 Å². The minimum Gasteiger partial charge on any atom is -0.326 e. The van der Waals surface area contributed by atoms with E-state index in [1.165, 1.54) is 11.3 Å². The predicted molar refractivity (Wildman–Crippen MR) is 93.2 cm³/mol. The third kappa shape index (κ3) is 3.41. The van der Waals surface area contributed by atoms with E-state index >= 15 is 0 Å². The first-order valence-electron chi connectivity index (χ1n) is 7.48. The summed E-state index contributed by atoms with van der Waals surface area (Å²) in [6, 6.07) is 8.68. The van der Waals surface area contributed by atoms with Crippen LogP contribution >= 0.6 is 22.9 Å². The van der Waals surface area contributed by atoms with Crippen LogP contribution in [0.15, 0.2) is 35.7 Å². The number of hydrogen-bond acceptors (Lipinski definition) is 3. The zero-order chi connectivity index (χ0) is 16.4. The third-order valence-electron chi connectivity index (χ3n) is 3.93. The minimum absolute atomic E-state index is 0.0762. The van der Waals surface area contributed by atoms with Crippen molar-refractivity contribution >= 4 is 40.4 Å². The number of aryl methyl sites for hydroxylation is 1. The van der Waals surface area contributed by atoms with Gasteiger partial charge in [0.15, 0.2) is 0 Å². The fourth-order valence-corrected chi connectivity index (χ4v) is 3.72. The summed E-state index contributed by atoms with van der Waals surface area (Å²) in [5, 5.41) is 5.22. The van der Waals surface area contributed by atoms with Crippen molar-refractivity contribution in [1.29, 1.82) is 0 Å².